The van der Waals surface area contributed by atoms with Crippen molar-refractivity contribution in [1.82, 2.24) is 0 Å². The number of hydrogen-bond acceptors (Lipinski definition) is 2. The van der Waals surface area contributed by atoms with Gasteiger partial charge in [-0.15, -0.1) is 0 Å². The lowest BCUT2D eigenvalue weighted by molar-refractivity contribution is 0.312. The highest BCUT2D eigenvalue weighted by molar-refractivity contribution is 5.40. The van der Waals surface area contributed by atoms with Gasteiger partial charge in [-0.25, -0.2) is 4.39 Å². The largest absolute Gasteiger partial charge is 0.399 e. The summed E-state index contributed by atoms with van der Waals surface area (Å²) in [6.07, 6.45) is 11.9. The van der Waals surface area contributed by atoms with Crippen LogP contribution in [0.1, 0.15) is 101 Å². The Morgan fingerprint density at radius 2 is 1.07 bits per heavy atom. The van der Waals surface area contributed by atoms with Crippen LogP contribution in [-0.4, -0.2) is 0 Å². The van der Waals surface area contributed by atoms with Gasteiger partial charge in [-0.05, 0) is 60.6 Å². The maximum absolute atomic E-state index is 14.4. The third-order valence-corrected chi connectivity index (χ3v) is 5.87. The molecule has 0 radical (unpaired) electrons. The molecule has 0 aliphatic heterocycles. The van der Waals surface area contributed by atoms with Crippen LogP contribution in [0.5, 0.6) is 0 Å². The molecule has 2 aromatic carbocycles. The van der Waals surface area contributed by atoms with Crippen LogP contribution in [-0.2, 0) is 0 Å². The van der Waals surface area contributed by atoms with E-state index in [-0.39, 0.29) is 0 Å². The Morgan fingerprint density at radius 3 is 1.62 bits per heavy atom. The van der Waals surface area contributed by atoms with Crippen LogP contribution >= 0.6 is 0 Å². The van der Waals surface area contributed by atoms with Crippen LogP contribution in [0.15, 0.2) is 48.5 Å². The van der Waals surface area contributed by atoms with Gasteiger partial charge in [0.15, 0.2) is 0 Å². The maximum Gasteiger partial charge on any atom is 0.125 e. The molecule has 2 aromatic rings. The molecule has 4 N–H and O–H groups in total. The van der Waals surface area contributed by atoms with Crippen LogP contribution < -0.4 is 11.5 Å². The molecule has 0 amide bonds. The summed E-state index contributed by atoms with van der Waals surface area (Å²) in [5.74, 6) is 0.593. The van der Waals surface area contributed by atoms with Gasteiger partial charge in [0.1, 0.15) is 6.17 Å². The Hall–Kier alpha value is -2.03. The molecule has 0 saturated heterocycles. The lowest BCUT2D eigenvalue weighted by atomic mass is 9.88. The van der Waals surface area contributed by atoms with E-state index >= 15 is 0 Å². The molecular formula is C26H39FN2. The summed E-state index contributed by atoms with van der Waals surface area (Å²) in [5, 5.41) is 0. The van der Waals surface area contributed by atoms with Gasteiger partial charge < -0.3 is 11.5 Å². The van der Waals surface area contributed by atoms with Crippen LogP contribution in [0, 0.1) is 0 Å². The summed E-state index contributed by atoms with van der Waals surface area (Å²) in [6.45, 7) is 2.26. The van der Waals surface area contributed by atoms with Gasteiger partial charge in [0.05, 0.1) is 0 Å². The highest BCUT2D eigenvalue weighted by Crippen LogP contribution is 2.30. The van der Waals surface area contributed by atoms with Crippen LogP contribution in [0.3, 0.4) is 0 Å². The predicted molar refractivity (Wildman–Crippen MR) is 125 cm³/mol. The molecule has 3 heteroatoms. The number of alkyl halides is 1. The predicted octanol–water partition coefficient (Wildman–Crippen LogP) is 7.96. The molecule has 2 nitrogen and oxygen atoms in total. The highest BCUT2D eigenvalue weighted by Gasteiger charge is 2.13. The molecule has 0 bridgehead atoms. The summed E-state index contributed by atoms with van der Waals surface area (Å²) < 4.78 is 14.4. The first-order valence-corrected chi connectivity index (χ1v) is 11.4. The van der Waals surface area contributed by atoms with Gasteiger partial charge in [-0.3, -0.25) is 0 Å². The quantitative estimate of drug-likeness (QED) is 0.250. The second-order valence-corrected chi connectivity index (χ2v) is 8.34. The van der Waals surface area contributed by atoms with E-state index in [1.165, 1.54) is 50.5 Å². The van der Waals surface area contributed by atoms with Crippen molar-refractivity contribution in [2.24, 2.45) is 0 Å². The summed E-state index contributed by atoms with van der Waals surface area (Å²) in [6, 6.07) is 15.6. The number of anilines is 2. The van der Waals surface area contributed by atoms with Gasteiger partial charge in [0.25, 0.3) is 0 Å². The van der Waals surface area contributed by atoms with E-state index in [1.54, 1.807) is 24.3 Å². The minimum absolute atomic E-state index is 0.591. The molecule has 0 heterocycles. The summed E-state index contributed by atoms with van der Waals surface area (Å²) >= 11 is 0. The molecule has 0 spiro atoms. The molecule has 160 valence electrons. The molecule has 0 saturated carbocycles. The zero-order valence-corrected chi connectivity index (χ0v) is 18.1. The van der Waals surface area contributed by atoms with E-state index in [9.17, 15) is 4.39 Å². The Kier molecular flexibility index (Phi) is 10.6. The van der Waals surface area contributed by atoms with Crippen molar-refractivity contribution >= 4 is 11.4 Å². The fraction of sp³-hybridized carbons (Fsp3) is 0.538. The molecule has 0 aromatic heterocycles. The Balaban J connectivity index is 1.74. The number of nitrogens with two attached hydrogens (primary N) is 2. The average molecular weight is 399 g/mol. The number of unbranched alkanes of at least 4 members (excludes halogenated alkanes) is 6. The van der Waals surface area contributed by atoms with Crippen LogP contribution in [0.2, 0.25) is 0 Å². The fourth-order valence-electron chi connectivity index (χ4n) is 4.00. The van der Waals surface area contributed by atoms with E-state index in [1.807, 2.05) is 12.1 Å². The first kappa shape index (κ1) is 23.3. The summed E-state index contributed by atoms with van der Waals surface area (Å²) in [4.78, 5) is 0. The molecule has 2 atom stereocenters. The van der Waals surface area contributed by atoms with E-state index in [4.69, 9.17) is 11.5 Å². The molecule has 0 aliphatic rings. The van der Waals surface area contributed by atoms with Gasteiger partial charge in [0, 0.05) is 11.4 Å². The molecule has 2 rings (SSSR count). The monoisotopic (exact) mass is 398 g/mol. The average Bonchev–Trinajstić information content (AvgIpc) is 2.73. The number of nitrogen functional groups attached to an aromatic ring is 2. The first-order valence-electron chi connectivity index (χ1n) is 11.4. The van der Waals surface area contributed by atoms with E-state index in [0.717, 1.165) is 30.5 Å². The Bertz CT molecular complexity index is 666. The highest BCUT2D eigenvalue weighted by atomic mass is 19.1. The molecule has 0 fully saturated rings. The second-order valence-electron chi connectivity index (χ2n) is 8.34. The van der Waals surface area contributed by atoms with Crippen molar-refractivity contribution in [3.05, 3.63) is 59.7 Å². The number of halogens is 1. The molecular weight excluding hydrogens is 359 g/mol. The van der Waals surface area contributed by atoms with Crippen molar-refractivity contribution in [2.75, 3.05) is 11.5 Å². The fourth-order valence-corrected chi connectivity index (χ4v) is 4.00. The topological polar surface area (TPSA) is 52.0 Å². The standard InChI is InChI=1S/C26H39FN2/c1-2-3-4-5-7-10-21(22-13-17-24(28)18-14-22)11-8-6-9-12-26(27)23-15-19-25(29)20-16-23/h13-21,26H,2-12,28-29H2,1H3. The first-order chi connectivity index (χ1) is 14.1. The minimum atomic E-state index is -0.887. The van der Waals surface area contributed by atoms with Gasteiger partial charge in [0.2, 0.25) is 0 Å². The third kappa shape index (κ3) is 8.89. The lowest BCUT2D eigenvalue weighted by Gasteiger charge is -2.18. The van der Waals surface area contributed by atoms with Crippen molar-refractivity contribution < 1.29 is 4.39 Å². The van der Waals surface area contributed by atoms with Crippen molar-refractivity contribution in [3.8, 4) is 0 Å². The second kappa shape index (κ2) is 13.2. The van der Waals surface area contributed by atoms with Crippen molar-refractivity contribution in [2.45, 2.75) is 89.6 Å². The SMILES string of the molecule is CCCCCCCC(CCCCCC(F)c1ccc(N)cc1)c1ccc(N)cc1. The zero-order chi connectivity index (χ0) is 20.9. The summed E-state index contributed by atoms with van der Waals surface area (Å²) in [7, 11) is 0. The number of benzene rings is 2. The number of hydrogen-bond donors (Lipinski definition) is 2. The van der Waals surface area contributed by atoms with Crippen molar-refractivity contribution in [1.29, 1.82) is 0 Å². The third-order valence-electron chi connectivity index (χ3n) is 5.87. The molecule has 0 aliphatic carbocycles. The van der Waals surface area contributed by atoms with E-state index < -0.39 is 6.17 Å². The molecule has 29 heavy (non-hydrogen) atoms. The van der Waals surface area contributed by atoms with Gasteiger partial charge >= 0.3 is 0 Å². The van der Waals surface area contributed by atoms with Gasteiger partial charge in [-0.2, -0.15) is 0 Å². The smallest absolute Gasteiger partial charge is 0.125 e. The zero-order valence-electron chi connectivity index (χ0n) is 18.1. The van der Waals surface area contributed by atoms with Crippen LogP contribution in [0.25, 0.3) is 0 Å². The van der Waals surface area contributed by atoms with E-state index in [2.05, 4.69) is 19.1 Å². The lowest BCUT2D eigenvalue weighted by Crippen LogP contribution is -2.01. The Morgan fingerprint density at radius 1 is 0.621 bits per heavy atom. The normalized spacial score (nSPS) is 13.3. The minimum Gasteiger partial charge on any atom is -0.399 e. The van der Waals surface area contributed by atoms with Gasteiger partial charge in [-0.1, -0.05) is 82.6 Å². The Labute approximate surface area is 176 Å². The molecule has 2 unspecified atom stereocenters. The van der Waals surface area contributed by atoms with Crippen LogP contribution in [0.4, 0.5) is 15.8 Å². The van der Waals surface area contributed by atoms with Crippen molar-refractivity contribution in [3.63, 3.8) is 0 Å². The van der Waals surface area contributed by atoms with E-state index in [0.29, 0.717) is 18.0 Å². The number of rotatable bonds is 14. The summed E-state index contributed by atoms with van der Waals surface area (Å²) in [5.41, 5.74) is 15.2. The maximum atomic E-state index is 14.4.